The Bertz CT molecular complexity index is 464. The van der Waals surface area contributed by atoms with Crippen LogP contribution in [0.1, 0.15) is 50.8 Å². The summed E-state index contributed by atoms with van der Waals surface area (Å²) in [4.78, 5) is 2.63. The van der Waals surface area contributed by atoms with E-state index in [1.807, 2.05) is 0 Å². The lowest BCUT2D eigenvalue weighted by Gasteiger charge is -2.43. The van der Waals surface area contributed by atoms with Gasteiger partial charge < -0.3 is 10.1 Å². The van der Waals surface area contributed by atoms with Crippen LogP contribution in [0.5, 0.6) is 5.75 Å². The maximum absolute atomic E-state index is 5.34. The number of benzene rings is 1. The van der Waals surface area contributed by atoms with Crippen LogP contribution in [0.25, 0.3) is 0 Å². The first-order valence-corrected chi connectivity index (χ1v) is 8.13. The Morgan fingerprint density at radius 1 is 1.29 bits per heavy atom. The lowest BCUT2D eigenvalue weighted by atomic mass is 9.85. The van der Waals surface area contributed by atoms with Gasteiger partial charge >= 0.3 is 0 Å². The number of methoxy groups -OCH3 is 1. The number of nitrogens with one attached hydrogen (secondary N) is 1. The average molecular weight is 290 g/mol. The summed E-state index contributed by atoms with van der Waals surface area (Å²) in [6.07, 6.45) is 2.65. The number of likely N-dealkylation sites (tertiary alicyclic amines) is 1. The summed E-state index contributed by atoms with van der Waals surface area (Å²) in [5, 5.41) is 3.71. The van der Waals surface area contributed by atoms with Crippen molar-refractivity contribution in [3.05, 3.63) is 29.3 Å². The van der Waals surface area contributed by atoms with Crippen molar-refractivity contribution in [1.29, 1.82) is 0 Å². The first kappa shape index (κ1) is 16.3. The highest BCUT2D eigenvalue weighted by atomic mass is 16.5. The third-order valence-electron chi connectivity index (χ3n) is 4.82. The zero-order valence-electron chi connectivity index (χ0n) is 14.2. The standard InChI is InChI=1S/C18H30N2O/c1-6-19-17(18(3,4)20-11-7-8-12-20)16-10-9-15(21-5)13-14(16)2/h9-10,13,17,19H,6-8,11-12H2,1-5H3. The molecule has 21 heavy (non-hydrogen) atoms. The molecule has 0 amide bonds. The molecule has 1 aromatic carbocycles. The minimum Gasteiger partial charge on any atom is -0.497 e. The van der Waals surface area contributed by atoms with Crippen molar-refractivity contribution in [3.63, 3.8) is 0 Å². The fourth-order valence-electron chi connectivity index (χ4n) is 3.52. The molecule has 1 N–H and O–H groups in total. The van der Waals surface area contributed by atoms with E-state index in [9.17, 15) is 0 Å². The van der Waals surface area contributed by atoms with E-state index in [0.29, 0.717) is 6.04 Å². The third kappa shape index (κ3) is 3.41. The average Bonchev–Trinajstić information content (AvgIpc) is 3.00. The van der Waals surface area contributed by atoms with Crippen LogP contribution in [0.4, 0.5) is 0 Å². The van der Waals surface area contributed by atoms with E-state index in [-0.39, 0.29) is 5.54 Å². The Morgan fingerprint density at radius 2 is 1.95 bits per heavy atom. The van der Waals surface area contributed by atoms with Gasteiger partial charge in [-0.15, -0.1) is 0 Å². The number of nitrogens with zero attached hydrogens (tertiary/aromatic N) is 1. The highest BCUT2D eigenvalue weighted by Gasteiger charge is 2.37. The van der Waals surface area contributed by atoms with Crippen LogP contribution in [0, 0.1) is 6.92 Å². The molecule has 0 spiro atoms. The summed E-state index contributed by atoms with van der Waals surface area (Å²) in [7, 11) is 1.73. The van der Waals surface area contributed by atoms with Gasteiger partial charge in [0.1, 0.15) is 5.75 Å². The smallest absolute Gasteiger partial charge is 0.119 e. The Hall–Kier alpha value is -1.06. The summed E-state index contributed by atoms with van der Waals surface area (Å²) >= 11 is 0. The molecule has 1 aliphatic heterocycles. The van der Waals surface area contributed by atoms with Crippen LogP contribution >= 0.6 is 0 Å². The second-order valence-corrected chi connectivity index (χ2v) is 6.56. The number of hydrogen-bond donors (Lipinski definition) is 1. The Labute approximate surface area is 129 Å². The second kappa shape index (κ2) is 6.80. The van der Waals surface area contributed by atoms with Crippen molar-refractivity contribution in [2.75, 3.05) is 26.7 Å². The lowest BCUT2D eigenvalue weighted by Crippen LogP contribution is -2.51. The van der Waals surface area contributed by atoms with Crippen molar-refractivity contribution in [2.45, 2.75) is 52.1 Å². The minimum absolute atomic E-state index is 0.117. The number of rotatable bonds is 6. The van der Waals surface area contributed by atoms with E-state index in [0.717, 1.165) is 12.3 Å². The molecular weight excluding hydrogens is 260 g/mol. The van der Waals surface area contributed by atoms with Crippen molar-refractivity contribution in [3.8, 4) is 5.75 Å². The predicted octanol–water partition coefficient (Wildman–Crippen LogP) is 3.53. The van der Waals surface area contributed by atoms with E-state index in [1.165, 1.54) is 37.1 Å². The van der Waals surface area contributed by atoms with Crippen LogP contribution in [-0.2, 0) is 0 Å². The fourth-order valence-corrected chi connectivity index (χ4v) is 3.52. The highest BCUT2D eigenvalue weighted by Crippen LogP contribution is 2.35. The van der Waals surface area contributed by atoms with E-state index < -0.39 is 0 Å². The van der Waals surface area contributed by atoms with E-state index >= 15 is 0 Å². The third-order valence-corrected chi connectivity index (χ3v) is 4.82. The van der Waals surface area contributed by atoms with Crippen LogP contribution in [0.3, 0.4) is 0 Å². The monoisotopic (exact) mass is 290 g/mol. The Morgan fingerprint density at radius 3 is 2.48 bits per heavy atom. The quantitative estimate of drug-likeness (QED) is 0.867. The fraction of sp³-hybridized carbons (Fsp3) is 0.667. The van der Waals surface area contributed by atoms with Crippen molar-refractivity contribution < 1.29 is 4.74 Å². The summed E-state index contributed by atoms with van der Waals surface area (Å²) in [5.74, 6) is 0.936. The molecule has 1 saturated heterocycles. The first-order valence-electron chi connectivity index (χ1n) is 8.13. The van der Waals surface area contributed by atoms with E-state index in [1.54, 1.807) is 7.11 Å². The normalized spacial score (nSPS) is 18.0. The zero-order chi connectivity index (χ0) is 15.5. The number of likely N-dealkylation sites (N-methyl/N-ethyl adjacent to an activating group) is 1. The first-order chi connectivity index (χ1) is 10.0. The molecule has 0 saturated carbocycles. The Balaban J connectivity index is 2.33. The van der Waals surface area contributed by atoms with Crippen LogP contribution in [0.15, 0.2) is 18.2 Å². The maximum atomic E-state index is 5.34. The molecule has 0 aliphatic carbocycles. The number of hydrogen-bond acceptors (Lipinski definition) is 3. The predicted molar refractivity (Wildman–Crippen MR) is 89.0 cm³/mol. The molecule has 1 aliphatic rings. The molecule has 3 heteroatoms. The van der Waals surface area contributed by atoms with Gasteiger partial charge in [-0.1, -0.05) is 13.0 Å². The van der Waals surface area contributed by atoms with Crippen LogP contribution in [0.2, 0.25) is 0 Å². The molecule has 0 radical (unpaired) electrons. The maximum Gasteiger partial charge on any atom is 0.119 e. The summed E-state index contributed by atoms with van der Waals surface area (Å²) < 4.78 is 5.34. The molecular formula is C18H30N2O. The Kier molecular flexibility index (Phi) is 5.28. The van der Waals surface area contributed by atoms with Gasteiger partial charge in [0, 0.05) is 5.54 Å². The lowest BCUT2D eigenvalue weighted by molar-refractivity contribution is 0.107. The molecule has 0 aromatic heterocycles. The van der Waals surface area contributed by atoms with Gasteiger partial charge in [0.05, 0.1) is 13.2 Å². The van der Waals surface area contributed by atoms with Crippen LogP contribution < -0.4 is 10.1 Å². The molecule has 1 fully saturated rings. The molecule has 0 bridgehead atoms. The second-order valence-electron chi connectivity index (χ2n) is 6.56. The molecule has 1 heterocycles. The van der Waals surface area contributed by atoms with Gasteiger partial charge in [-0.2, -0.15) is 0 Å². The van der Waals surface area contributed by atoms with Crippen molar-refractivity contribution >= 4 is 0 Å². The van der Waals surface area contributed by atoms with Gasteiger partial charge in [0.25, 0.3) is 0 Å². The van der Waals surface area contributed by atoms with Gasteiger partial charge in [-0.3, -0.25) is 4.90 Å². The van der Waals surface area contributed by atoms with Gasteiger partial charge in [0.15, 0.2) is 0 Å². The number of ether oxygens (including phenoxy) is 1. The molecule has 1 aromatic rings. The van der Waals surface area contributed by atoms with E-state index in [2.05, 4.69) is 56.1 Å². The van der Waals surface area contributed by atoms with Gasteiger partial charge in [-0.05, 0) is 76.5 Å². The summed E-state index contributed by atoms with van der Waals surface area (Å²) in [6.45, 7) is 12.5. The summed E-state index contributed by atoms with van der Waals surface area (Å²) in [5.41, 5.74) is 2.80. The minimum atomic E-state index is 0.117. The van der Waals surface area contributed by atoms with E-state index in [4.69, 9.17) is 4.74 Å². The molecule has 1 atom stereocenters. The number of aryl methyl sites for hydroxylation is 1. The molecule has 118 valence electrons. The van der Waals surface area contributed by atoms with Gasteiger partial charge in [0.2, 0.25) is 0 Å². The SMILES string of the molecule is CCNC(c1ccc(OC)cc1C)C(C)(C)N1CCCC1. The van der Waals surface area contributed by atoms with Crippen LogP contribution in [-0.4, -0.2) is 37.2 Å². The summed E-state index contributed by atoms with van der Waals surface area (Å²) in [6, 6.07) is 6.78. The van der Waals surface area contributed by atoms with Crippen molar-refractivity contribution in [2.24, 2.45) is 0 Å². The van der Waals surface area contributed by atoms with Gasteiger partial charge in [-0.25, -0.2) is 0 Å². The van der Waals surface area contributed by atoms with Crippen molar-refractivity contribution in [1.82, 2.24) is 10.2 Å². The largest absolute Gasteiger partial charge is 0.497 e. The molecule has 3 nitrogen and oxygen atoms in total. The zero-order valence-corrected chi connectivity index (χ0v) is 14.2. The molecule has 2 rings (SSSR count). The molecule has 1 unspecified atom stereocenters. The topological polar surface area (TPSA) is 24.5 Å². The highest BCUT2D eigenvalue weighted by molar-refractivity contribution is 5.38.